The van der Waals surface area contributed by atoms with Crippen LogP contribution in [-0.2, 0) is 19.1 Å². The second-order valence-electron chi connectivity index (χ2n) is 9.21. The summed E-state index contributed by atoms with van der Waals surface area (Å²) in [5.74, 6) is -1.44. The fraction of sp³-hybridized carbons (Fsp3) is 0.444. The molecule has 8 heteroatoms. The van der Waals surface area contributed by atoms with Crippen LogP contribution >= 0.6 is 0 Å². The lowest BCUT2D eigenvalue weighted by Crippen LogP contribution is -2.56. The SMILES string of the molecule is CCN(C(=O)CC1(NC(=O)OCC2c3ccccc3-c3ccccc32)CCOCC1)C(C)C(=O)O. The molecule has 1 saturated heterocycles. The van der Waals surface area contributed by atoms with E-state index in [1.165, 1.54) is 11.8 Å². The molecule has 8 nitrogen and oxygen atoms in total. The van der Waals surface area contributed by atoms with Crippen LogP contribution in [0.4, 0.5) is 4.79 Å². The van der Waals surface area contributed by atoms with E-state index < -0.39 is 23.6 Å². The monoisotopic (exact) mass is 480 g/mol. The number of amides is 2. The van der Waals surface area contributed by atoms with Gasteiger partial charge in [-0.15, -0.1) is 0 Å². The van der Waals surface area contributed by atoms with Gasteiger partial charge in [0.1, 0.15) is 12.6 Å². The minimum atomic E-state index is -1.06. The molecule has 186 valence electrons. The largest absolute Gasteiger partial charge is 0.480 e. The second-order valence-corrected chi connectivity index (χ2v) is 9.21. The molecule has 0 spiro atoms. The maximum Gasteiger partial charge on any atom is 0.407 e. The lowest BCUT2D eigenvalue weighted by atomic mass is 9.86. The van der Waals surface area contributed by atoms with Crippen molar-refractivity contribution in [3.8, 4) is 11.1 Å². The van der Waals surface area contributed by atoms with Crippen molar-refractivity contribution in [2.45, 2.75) is 50.6 Å². The molecular weight excluding hydrogens is 448 g/mol. The first-order valence-corrected chi connectivity index (χ1v) is 12.1. The predicted molar refractivity (Wildman–Crippen MR) is 130 cm³/mol. The Morgan fingerprint density at radius 3 is 2.20 bits per heavy atom. The Balaban J connectivity index is 1.45. The number of likely N-dealkylation sites (N-methyl/N-ethyl adjacent to an activating group) is 1. The van der Waals surface area contributed by atoms with E-state index in [9.17, 15) is 19.5 Å². The highest BCUT2D eigenvalue weighted by Crippen LogP contribution is 2.44. The normalized spacial score (nSPS) is 17.1. The van der Waals surface area contributed by atoms with Crippen LogP contribution in [0.25, 0.3) is 11.1 Å². The number of carbonyl (C=O) groups excluding carboxylic acids is 2. The molecule has 1 atom stereocenters. The molecule has 2 aliphatic rings. The molecule has 35 heavy (non-hydrogen) atoms. The second kappa shape index (κ2) is 10.5. The molecular formula is C27H32N2O6. The lowest BCUT2D eigenvalue weighted by Gasteiger charge is -2.39. The number of aliphatic carboxylic acids is 1. The van der Waals surface area contributed by atoms with Crippen molar-refractivity contribution >= 4 is 18.0 Å². The number of ether oxygens (including phenoxy) is 2. The van der Waals surface area contributed by atoms with E-state index in [0.717, 1.165) is 22.3 Å². The zero-order chi connectivity index (χ0) is 25.0. The number of nitrogens with one attached hydrogen (secondary N) is 1. The number of rotatable bonds is 8. The summed E-state index contributed by atoms with van der Waals surface area (Å²) in [5.41, 5.74) is 3.70. The quantitative estimate of drug-likeness (QED) is 0.596. The molecule has 0 radical (unpaired) electrons. The Morgan fingerprint density at radius 2 is 1.66 bits per heavy atom. The van der Waals surface area contributed by atoms with Crippen LogP contribution in [0.1, 0.15) is 50.2 Å². The van der Waals surface area contributed by atoms with E-state index >= 15 is 0 Å². The summed E-state index contributed by atoms with van der Waals surface area (Å²) in [7, 11) is 0. The number of carboxylic acids is 1. The summed E-state index contributed by atoms with van der Waals surface area (Å²) >= 11 is 0. The fourth-order valence-corrected chi connectivity index (χ4v) is 5.15. The van der Waals surface area contributed by atoms with E-state index in [1.54, 1.807) is 6.92 Å². The third kappa shape index (κ3) is 5.17. The van der Waals surface area contributed by atoms with Crippen molar-refractivity contribution in [3.05, 3.63) is 59.7 Å². The number of hydrogen-bond donors (Lipinski definition) is 2. The zero-order valence-electron chi connectivity index (χ0n) is 20.2. The number of carboxylic acid groups (broad SMARTS) is 1. The predicted octanol–water partition coefficient (Wildman–Crippen LogP) is 3.79. The van der Waals surface area contributed by atoms with Crippen molar-refractivity contribution in [3.63, 3.8) is 0 Å². The van der Waals surface area contributed by atoms with E-state index in [-0.39, 0.29) is 31.4 Å². The van der Waals surface area contributed by atoms with Crippen LogP contribution in [0.15, 0.2) is 48.5 Å². The van der Waals surface area contributed by atoms with Gasteiger partial charge in [-0.3, -0.25) is 4.79 Å². The summed E-state index contributed by atoms with van der Waals surface area (Å²) in [5, 5.41) is 12.3. The number of fused-ring (bicyclic) bond motifs is 3. The number of carbonyl (C=O) groups is 3. The first kappa shape index (κ1) is 24.7. The van der Waals surface area contributed by atoms with Crippen LogP contribution in [0.5, 0.6) is 0 Å². The van der Waals surface area contributed by atoms with E-state index in [4.69, 9.17) is 9.47 Å². The molecule has 2 aromatic carbocycles. The first-order valence-electron chi connectivity index (χ1n) is 12.1. The van der Waals surface area contributed by atoms with Gasteiger partial charge in [0, 0.05) is 25.7 Å². The highest BCUT2D eigenvalue weighted by molar-refractivity contribution is 5.84. The summed E-state index contributed by atoms with van der Waals surface area (Å²) in [6.07, 6.45) is 0.298. The van der Waals surface area contributed by atoms with Gasteiger partial charge in [-0.25, -0.2) is 9.59 Å². The van der Waals surface area contributed by atoms with Gasteiger partial charge in [0.25, 0.3) is 0 Å². The zero-order valence-corrected chi connectivity index (χ0v) is 20.2. The lowest BCUT2D eigenvalue weighted by molar-refractivity contribution is -0.150. The van der Waals surface area contributed by atoms with E-state index in [2.05, 4.69) is 29.6 Å². The Morgan fingerprint density at radius 1 is 1.09 bits per heavy atom. The van der Waals surface area contributed by atoms with Gasteiger partial charge in [-0.2, -0.15) is 0 Å². The van der Waals surface area contributed by atoms with Crippen molar-refractivity contribution in [1.29, 1.82) is 0 Å². The van der Waals surface area contributed by atoms with E-state index in [0.29, 0.717) is 26.1 Å². The van der Waals surface area contributed by atoms with Gasteiger partial charge in [0.2, 0.25) is 5.91 Å². The molecule has 1 aliphatic heterocycles. The molecule has 1 unspecified atom stereocenters. The summed E-state index contributed by atoms with van der Waals surface area (Å²) in [4.78, 5) is 38.8. The van der Waals surface area contributed by atoms with Crippen molar-refractivity contribution in [1.82, 2.24) is 10.2 Å². The fourth-order valence-electron chi connectivity index (χ4n) is 5.15. The highest BCUT2D eigenvalue weighted by atomic mass is 16.5. The number of nitrogens with zero attached hydrogens (tertiary/aromatic N) is 1. The minimum Gasteiger partial charge on any atom is -0.480 e. The van der Waals surface area contributed by atoms with Crippen LogP contribution in [0.3, 0.4) is 0 Å². The summed E-state index contributed by atoms with van der Waals surface area (Å²) in [6.45, 7) is 4.47. The average molecular weight is 481 g/mol. The molecule has 1 aliphatic carbocycles. The van der Waals surface area contributed by atoms with Crippen LogP contribution in [0, 0.1) is 0 Å². The third-order valence-electron chi connectivity index (χ3n) is 7.14. The van der Waals surface area contributed by atoms with E-state index in [1.807, 2.05) is 24.3 Å². The van der Waals surface area contributed by atoms with Crippen LogP contribution in [-0.4, -0.2) is 65.9 Å². The Hall–Kier alpha value is -3.39. The van der Waals surface area contributed by atoms with Crippen molar-refractivity contribution in [2.75, 3.05) is 26.4 Å². The Labute approximate surface area is 205 Å². The molecule has 0 aromatic heterocycles. The van der Waals surface area contributed by atoms with Gasteiger partial charge in [-0.1, -0.05) is 48.5 Å². The maximum atomic E-state index is 13.0. The minimum absolute atomic E-state index is 0.00792. The topological polar surface area (TPSA) is 105 Å². The molecule has 1 fully saturated rings. The van der Waals surface area contributed by atoms with Crippen LogP contribution in [0.2, 0.25) is 0 Å². The molecule has 0 bridgehead atoms. The third-order valence-corrected chi connectivity index (χ3v) is 7.14. The molecule has 2 aromatic rings. The smallest absolute Gasteiger partial charge is 0.407 e. The number of benzene rings is 2. The molecule has 2 amide bonds. The Bertz CT molecular complexity index is 1050. The Kier molecular flexibility index (Phi) is 7.40. The average Bonchev–Trinajstić information content (AvgIpc) is 3.17. The van der Waals surface area contributed by atoms with Gasteiger partial charge < -0.3 is 24.8 Å². The highest BCUT2D eigenvalue weighted by Gasteiger charge is 2.39. The maximum absolute atomic E-state index is 13.0. The van der Waals surface area contributed by atoms with Crippen molar-refractivity contribution < 1.29 is 29.0 Å². The van der Waals surface area contributed by atoms with Gasteiger partial charge in [-0.05, 0) is 48.9 Å². The molecule has 2 N–H and O–H groups in total. The van der Waals surface area contributed by atoms with Crippen molar-refractivity contribution in [2.24, 2.45) is 0 Å². The molecule has 1 heterocycles. The first-order chi connectivity index (χ1) is 16.8. The van der Waals surface area contributed by atoms with Gasteiger partial charge in [0.15, 0.2) is 0 Å². The summed E-state index contributed by atoms with van der Waals surface area (Å²) in [6, 6.07) is 15.3. The van der Waals surface area contributed by atoms with Gasteiger partial charge in [0.05, 0.1) is 12.0 Å². The van der Waals surface area contributed by atoms with Gasteiger partial charge >= 0.3 is 12.1 Å². The summed E-state index contributed by atoms with van der Waals surface area (Å²) < 4.78 is 11.2. The standard InChI is InChI=1S/C27H32N2O6/c1-3-29(18(2)25(31)32)24(30)16-27(12-14-34-15-13-27)28-26(33)35-17-23-21-10-6-4-8-19(21)20-9-5-7-11-22(20)23/h4-11,18,23H,3,12-17H2,1-2H3,(H,28,33)(H,31,32). The van der Waals surface area contributed by atoms with Crippen LogP contribution < -0.4 is 5.32 Å². The molecule has 4 rings (SSSR count). The number of alkyl carbamates (subject to hydrolysis) is 1. The number of hydrogen-bond acceptors (Lipinski definition) is 5. The molecule has 0 saturated carbocycles.